The largest absolute Gasteiger partial charge is 0.314 e. The minimum atomic E-state index is -0.308. The molecule has 1 heterocycles. The van der Waals surface area contributed by atoms with Gasteiger partial charge in [0, 0.05) is 6.54 Å². The summed E-state index contributed by atoms with van der Waals surface area (Å²) in [5.74, 6) is -0.308. The van der Waals surface area contributed by atoms with Crippen LogP contribution in [0.1, 0.15) is 16.8 Å². The van der Waals surface area contributed by atoms with E-state index in [1.165, 1.54) is 0 Å². The lowest BCUT2D eigenvalue weighted by atomic mass is 10.2. The molecule has 5 heteroatoms. The van der Waals surface area contributed by atoms with Gasteiger partial charge in [-0.2, -0.15) is 0 Å². The Balaban J connectivity index is 1.90. The number of carbonyl (C=O) groups excluding carboxylic acids is 1. The quantitative estimate of drug-likeness (QED) is 0.785. The van der Waals surface area contributed by atoms with E-state index in [9.17, 15) is 4.79 Å². The molecule has 0 aromatic heterocycles. The van der Waals surface area contributed by atoms with E-state index in [0.717, 1.165) is 19.5 Å². The van der Waals surface area contributed by atoms with Crippen LogP contribution in [0.2, 0.25) is 5.02 Å². The Kier molecular flexibility index (Phi) is 3.77. The van der Waals surface area contributed by atoms with Crippen LogP contribution in [0.15, 0.2) is 24.3 Å². The maximum atomic E-state index is 11.7. The average molecular weight is 241 g/mol. The average Bonchev–Trinajstić information content (AvgIpc) is 2.79. The van der Waals surface area contributed by atoms with Gasteiger partial charge in [-0.05, 0) is 25.1 Å². The zero-order chi connectivity index (χ0) is 11.4. The molecule has 86 valence electrons. The molecule has 2 N–H and O–H groups in total. The van der Waals surface area contributed by atoms with Crippen molar-refractivity contribution in [3.05, 3.63) is 34.9 Å². The fourth-order valence-electron chi connectivity index (χ4n) is 1.57. The van der Waals surface area contributed by atoms with Gasteiger partial charge in [-0.15, -0.1) is 0 Å². The smallest absolute Gasteiger partial charge is 0.276 e. The standard InChI is InChI=1S/C11H13ClN2O2/c12-10-4-2-1-3-9(10)11(15)14-16-8-5-6-13-7-8/h1-4,8,13H,5-7H2,(H,14,15). The van der Waals surface area contributed by atoms with Crippen molar-refractivity contribution in [1.29, 1.82) is 0 Å². The van der Waals surface area contributed by atoms with Crippen LogP contribution in [-0.2, 0) is 4.84 Å². The van der Waals surface area contributed by atoms with E-state index in [0.29, 0.717) is 10.6 Å². The molecule has 4 nitrogen and oxygen atoms in total. The van der Waals surface area contributed by atoms with Crippen molar-refractivity contribution in [3.63, 3.8) is 0 Å². The number of benzene rings is 1. The molecule has 0 bridgehead atoms. The van der Waals surface area contributed by atoms with Crippen LogP contribution >= 0.6 is 11.6 Å². The van der Waals surface area contributed by atoms with Gasteiger partial charge in [0.05, 0.1) is 16.7 Å². The van der Waals surface area contributed by atoms with E-state index >= 15 is 0 Å². The molecular weight excluding hydrogens is 228 g/mol. The van der Waals surface area contributed by atoms with Gasteiger partial charge in [-0.1, -0.05) is 23.7 Å². The van der Waals surface area contributed by atoms with E-state index in [2.05, 4.69) is 10.8 Å². The van der Waals surface area contributed by atoms with Crippen LogP contribution in [0, 0.1) is 0 Å². The number of nitrogens with one attached hydrogen (secondary N) is 2. The lowest BCUT2D eigenvalue weighted by Gasteiger charge is -2.11. The highest BCUT2D eigenvalue weighted by molar-refractivity contribution is 6.33. The summed E-state index contributed by atoms with van der Waals surface area (Å²) in [6, 6.07) is 6.88. The van der Waals surface area contributed by atoms with Gasteiger partial charge in [-0.3, -0.25) is 9.63 Å². The second-order valence-corrected chi connectivity index (χ2v) is 4.05. The van der Waals surface area contributed by atoms with Crippen molar-refractivity contribution in [2.75, 3.05) is 13.1 Å². The molecular formula is C11H13ClN2O2. The molecule has 0 saturated carbocycles. The third-order valence-corrected chi connectivity index (χ3v) is 2.78. The van der Waals surface area contributed by atoms with Crippen molar-refractivity contribution in [2.24, 2.45) is 0 Å². The number of hydrogen-bond acceptors (Lipinski definition) is 3. The second kappa shape index (κ2) is 5.30. The Hall–Kier alpha value is -1.10. The van der Waals surface area contributed by atoms with Crippen molar-refractivity contribution in [2.45, 2.75) is 12.5 Å². The Morgan fingerprint density at radius 2 is 2.31 bits per heavy atom. The summed E-state index contributed by atoms with van der Waals surface area (Å²) < 4.78 is 0. The van der Waals surface area contributed by atoms with Crippen LogP contribution in [0.5, 0.6) is 0 Å². The molecule has 0 radical (unpaired) electrons. The minimum Gasteiger partial charge on any atom is -0.314 e. The monoisotopic (exact) mass is 240 g/mol. The fourth-order valence-corrected chi connectivity index (χ4v) is 1.79. The summed E-state index contributed by atoms with van der Waals surface area (Å²) in [6.45, 7) is 1.69. The number of hydrogen-bond donors (Lipinski definition) is 2. The van der Waals surface area contributed by atoms with E-state index in [4.69, 9.17) is 16.4 Å². The Bertz CT molecular complexity index is 378. The summed E-state index contributed by atoms with van der Waals surface area (Å²) in [5.41, 5.74) is 2.84. The maximum absolute atomic E-state index is 11.7. The Morgan fingerprint density at radius 1 is 1.50 bits per heavy atom. The molecule has 1 atom stereocenters. The highest BCUT2D eigenvalue weighted by Crippen LogP contribution is 2.14. The molecule has 1 aromatic rings. The fraction of sp³-hybridized carbons (Fsp3) is 0.364. The zero-order valence-corrected chi connectivity index (χ0v) is 9.46. The minimum absolute atomic E-state index is 0.0476. The molecule has 0 aliphatic carbocycles. The first kappa shape index (κ1) is 11.4. The van der Waals surface area contributed by atoms with Crippen LogP contribution in [-0.4, -0.2) is 25.1 Å². The number of halogens is 1. The molecule has 1 amide bonds. The lowest BCUT2D eigenvalue weighted by molar-refractivity contribution is -0.00679. The zero-order valence-electron chi connectivity index (χ0n) is 8.70. The van der Waals surface area contributed by atoms with E-state index in [1.807, 2.05) is 0 Å². The highest BCUT2D eigenvalue weighted by atomic mass is 35.5. The van der Waals surface area contributed by atoms with Gasteiger partial charge < -0.3 is 5.32 Å². The van der Waals surface area contributed by atoms with Gasteiger partial charge >= 0.3 is 0 Å². The highest BCUT2D eigenvalue weighted by Gasteiger charge is 2.17. The van der Waals surface area contributed by atoms with Crippen molar-refractivity contribution in [3.8, 4) is 0 Å². The predicted octanol–water partition coefficient (Wildman–Crippen LogP) is 1.36. The molecule has 16 heavy (non-hydrogen) atoms. The number of amides is 1. The third kappa shape index (κ3) is 2.72. The topological polar surface area (TPSA) is 50.4 Å². The van der Waals surface area contributed by atoms with Crippen molar-refractivity contribution >= 4 is 17.5 Å². The molecule has 1 aromatic carbocycles. The first-order valence-electron chi connectivity index (χ1n) is 5.18. The second-order valence-electron chi connectivity index (χ2n) is 3.64. The normalized spacial score (nSPS) is 19.7. The van der Waals surface area contributed by atoms with Crippen LogP contribution in [0.3, 0.4) is 0 Å². The first-order valence-corrected chi connectivity index (χ1v) is 5.56. The van der Waals surface area contributed by atoms with Crippen molar-refractivity contribution in [1.82, 2.24) is 10.8 Å². The molecule has 1 fully saturated rings. The van der Waals surface area contributed by atoms with Gasteiger partial charge in [0.15, 0.2) is 0 Å². The van der Waals surface area contributed by atoms with E-state index in [-0.39, 0.29) is 12.0 Å². The first-order chi connectivity index (χ1) is 7.77. The molecule has 1 aliphatic rings. The molecule has 1 unspecified atom stereocenters. The summed E-state index contributed by atoms with van der Waals surface area (Å²) in [4.78, 5) is 16.9. The van der Waals surface area contributed by atoms with Gasteiger partial charge in [0.25, 0.3) is 5.91 Å². The summed E-state index contributed by atoms with van der Waals surface area (Å²) in [7, 11) is 0. The number of carbonyl (C=O) groups is 1. The predicted molar refractivity (Wildman–Crippen MR) is 61.3 cm³/mol. The van der Waals surface area contributed by atoms with Gasteiger partial charge in [-0.25, -0.2) is 5.48 Å². The number of hydroxylamine groups is 1. The summed E-state index contributed by atoms with van der Waals surface area (Å²) >= 11 is 5.89. The summed E-state index contributed by atoms with van der Waals surface area (Å²) in [5, 5.41) is 3.57. The Labute approximate surface area is 98.9 Å². The van der Waals surface area contributed by atoms with Gasteiger partial charge in [0.2, 0.25) is 0 Å². The van der Waals surface area contributed by atoms with E-state index in [1.54, 1.807) is 24.3 Å². The number of rotatable bonds is 3. The van der Waals surface area contributed by atoms with Crippen LogP contribution in [0.4, 0.5) is 0 Å². The summed E-state index contributed by atoms with van der Waals surface area (Å²) in [6.07, 6.45) is 0.953. The van der Waals surface area contributed by atoms with Crippen LogP contribution < -0.4 is 10.8 Å². The molecule has 0 spiro atoms. The van der Waals surface area contributed by atoms with Crippen molar-refractivity contribution < 1.29 is 9.63 Å². The van der Waals surface area contributed by atoms with Gasteiger partial charge in [0.1, 0.15) is 0 Å². The third-order valence-electron chi connectivity index (χ3n) is 2.45. The van der Waals surface area contributed by atoms with E-state index < -0.39 is 0 Å². The Morgan fingerprint density at radius 3 is 3.00 bits per heavy atom. The molecule has 2 rings (SSSR count). The molecule has 1 saturated heterocycles. The SMILES string of the molecule is O=C(NOC1CCNC1)c1ccccc1Cl. The lowest BCUT2D eigenvalue weighted by Crippen LogP contribution is -2.30. The maximum Gasteiger partial charge on any atom is 0.276 e. The van der Waals surface area contributed by atoms with Crippen LogP contribution in [0.25, 0.3) is 0 Å². The molecule has 1 aliphatic heterocycles.